The molecule has 1 N–H and O–H groups in total. The number of rotatable bonds is 2. The van der Waals surface area contributed by atoms with Crippen LogP contribution in [-0.2, 0) is 0 Å². The summed E-state index contributed by atoms with van der Waals surface area (Å²) in [5.41, 5.74) is 0.457. The lowest BCUT2D eigenvalue weighted by molar-refractivity contribution is 0.138. The van der Waals surface area contributed by atoms with E-state index in [1.807, 2.05) is 0 Å². The predicted molar refractivity (Wildman–Crippen MR) is 68.0 cm³/mol. The van der Waals surface area contributed by atoms with Gasteiger partial charge in [-0.3, -0.25) is 0 Å². The molecule has 2 aliphatic rings. The van der Waals surface area contributed by atoms with Gasteiger partial charge in [0, 0.05) is 10.0 Å². The summed E-state index contributed by atoms with van der Waals surface area (Å²) >= 11 is 3.33. The van der Waals surface area contributed by atoms with Crippen LogP contribution in [0.4, 0.5) is 4.39 Å². The Kier molecular flexibility index (Phi) is 2.99. The molecule has 1 nitrogen and oxygen atoms in total. The van der Waals surface area contributed by atoms with E-state index in [-0.39, 0.29) is 5.82 Å². The van der Waals surface area contributed by atoms with Gasteiger partial charge in [-0.05, 0) is 48.8 Å². The van der Waals surface area contributed by atoms with E-state index in [9.17, 15) is 9.50 Å². The Balaban J connectivity index is 1.82. The summed E-state index contributed by atoms with van der Waals surface area (Å²) < 4.78 is 14.5. The molecule has 0 aromatic heterocycles. The fourth-order valence-electron chi connectivity index (χ4n) is 3.46. The Morgan fingerprint density at radius 2 is 1.88 bits per heavy atom. The zero-order valence-electron chi connectivity index (χ0n) is 9.57. The average Bonchev–Trinajstić information content (AvgIpc) is 3.05. The second kappa shape index (κ2) is 4.36. The van der Waals surface area contributed by atoms with Crippen molar-refractivity contribution < 1.29 is 9.50 Å². The van der Waals surface area contributed by atoms with Crippen molar-refractivity contribution in [2.75, 3.05) is 0 Å². The predicted octanol–water partition coefficient (Wildman–Crippen LogP) is 4.06. The van der Waals surface area contributed by atoms with Crippen molar-refractivity contribution in [1.29, 1.82) is 0 Å². The van der Waals surface area contributed by atoms with Crippen molar-refractivity contribution in [3.05, 3.63) is 34.1 Å². The molecule has 1 aromatic rings. The summed E-state index contributed by atoms with van der Waals surface area (Å²) in [5, 5.41) is 10.3. The van der Waals surface area contributed by atoms with E-state index in [1.165, 1.54) is 31.7 Å². The van der Waals surface area contributed by atoms with Gasteiger partial charge < -0.3 is 5.11 Å². The van der Waals surface area contributed by atoms with E-state index in [1.54, 1.807) is 12.1 Å². The van der Waals surface area contributed by atoms with Gasteiger partial charge in [-0.1, -0.05) is 28.8 Å². The van der Waals surface area contributed by atoms with Crippen molar-refractivity contribution in [2.24, 2.45) is 17.8 Å². The molecule has 0 bridgehead atoms. The molecule has 0 radical (unpaired) electrons. The first-order valence-electron chi connectivity index (χ1n) is 6.31. The Bertz CT molecular complexity index is 422. The lowest BCUT2D eigenvalue weighted by Crippen LogP contribution is -2.05. The van der Waals surface area contributed by atoms with Crippen LogP contribution >= 0.6 is 15.9 Å². The highest BCUT2D eigenvalue weighted by Gasteiger charge is 2.54. The Labute approximate surface area is 109 Å². The Morgan fingerprint density at radius 3 is 2.53 bits per heavy atom. The van der Waals surface area contributed by atoms with Crippen molar-refractivity contribution in [1.82, 2.24) is 0 Å². The molecule has 0 aliphatic heterocycles. The fraction of sp³-hybridized carbons (Fsp3) is 0.571. The monoisotopic (exact) mass is 298 g/mol. The second-order valence-electron chi connectivity index (χ2n) is 5.30. The lowest BCUT2D eigenvalue weighted by Gasteiger charge is -2.12. The third-order valence-corrected chi connectivity index (χ3v) is 4.86. The highest BCUT2D eigenvalue weighted by atomic mass is 79.9. The normalized spacial score (nSPS) is 33.0. The van der Waals surface area contributed by atoms with Gasteiger partial charge >= 0.3 is 0 Å². The minimum absolute atomic E-state index is 0.288. The van der Waals surface area contributed by atoms with Gasteiger partial charge in [-0.15, -0.1) is 0 Å². The van der Waals surface area contributed by atoms with E-state index < -0.39 is 6.10 Å². The maximum Gasteiger partial charge on any atom is 0.129 e. The van der Waals surface area contributed by atoms with Crippen LogP contribution in [0.25, 0.3) is 0 Å². The fourth-order valence-corrected chi connectivity index (χ4v) is 3.84. The molecule has 0 spiro atoms. The van der Waals surface area contributed by atoms with Crippen molar-refractivity contribution in [2.45, 2.75) is 31.8 Å². The first kappa shape index (κ1) is 11.7. The number of fused-ring (bicyclic) bond motifs is 1. The summed E-state index contributed by atoms with van der Waals surface area (Å²) in [6, 6.07) is 4.81. The zero-order chi connectivity index (χ0) is 12.0. The maximum atomic E-state index is 13.7. The summed E-state index contributed by atoms with van der Waals surface area (Å²) in [4.78, 5) is 0. The standard InChI is InChI=1S/C14H16BrFO/c15-8-5-6-12(16)11(7-8)14(17)13-9-3-1-2-4-10(9)13/h5-7,9-10,13-14,17H,1-4H2. The van der Waals surface area contributed by atoms with Crippen molar-refractivity contribution >= 4 is 15.9 Å². The van der Waals surface area contributed by atoms with Crippen molar-refractivity contribution in [3.63, 3.8) is 0 Å². The summed E-state index contributed by atoms with van der Waals surface area (Å²) in [6.07, 6.45) is 4.33. The number of halogens is 2. The number of hydrogen-bond donors (Lipinski definition) is 1. The first-order chi connectivity index (χ1) is 8.18. The molecule has 2 aliphatic carbocycles. The molecule has 3 rings (SSSR count). The number of hydrogen-bond acceptors (Lipinski definition) is 1. The van der Waals surface area contributed by atoms with Gasteiger partial charge in [0.2, 0.25) is 0 Å². The Morgan fingerprint density at radius 1 is 1.24 bits per heavy atom. The molecule has 3 atom stereocenters. The summed E-state index contributed by atoms with van der Waals surface area (Å²) in [7, 11) is 0. The van der Waals surface area contributed by atoms with E-state index in [2.05, 4.69) is 15.9 Å². The van der Waals surface area contributed by atoms with Gasteiger partial charge in [0.05, 0.1) is 6.10 Å². The maximum absolute atomic E-state index is 13.7. The smallest absolute Gasteiger partial charge is 0.129 e. The Hall–Kier alpha value is -0.410. The molecule has 0 amide bonds. The zero-order valence-corrected chi connectivity index (χ0v) is 11.2. The van der Waals surface area contributed by atoms with Crippen LogP contribution in [0.5, 0.6) is 0 Å². The number of aliphatic hydroxyl groups excluding tert-OH is 1. The van der Waals surface area contributed by atoms with Crippen LogP contribution in [0.2, 0.25) is 0 Å². The minimum Gasteiger partial charge on any atom is -0.388 e. The second-order valence-corrected chi connectivity index (χ2v) is 6.22. The molecule has 3 heteroatoms. The molecule has 2 fully saturated rings. The minimum atomic E-state index is -0.624. The average molecular weight is 299 g/mol. The van der Waals surface area contributed by atoms with Gasteiger partial charge in [-0.25, -0.2) is 4.39 Å². The third-order valence-electron chi connectivity index (χ3n) is 4.36. The molecular formula is C14H16BrFO. The quantitative estimate of drug-likeness (QED) is 0.873. The van der Waals surface area contributed by atoms with Gasteiger partial charge in [0.15, 0.2) is 0 Å². The third kappa shape index (κ3) is 2.04. The largest absolute Gasteiger partial charge is 0.388 e. The summed E-state index contributed by atoms with van der Waals surface area (Å²) in [6.45, 7) is 0. The molecule has 3 unspecified atom stereocenters. The molecule has 92 valence electrons. The molecule has 0 heterocycles. The van der Waals surface area contributed by atoms with E-state index >= 15 is 0 Å². The lowest BCUT2D eigenvalue weighted by atomic mass is 10.0. The topological polar surface area (TPSA) is 20.2 Å². The van der Waals surface area contributed by atoms with Gasteiger partial charge in [0.1, 0.15) is 5.82 Å². The summed E-state index contributed by atoms with van der Waals surface area (Å²) in [5.74, 6) is 1.28. The SMILES string of the molecule is OC(c1cc(Br)ccc1F)C1C2CCCCC21. The van der Waals surface area contributed by atoms with E-state index in [4.69, 9.17) is 0 Å². The van der Waals surface area contributed by atoms with Crippen LogP contribution in [0.1, 0.15) is 37.4 Å². The first-order valence-corrected chi connectivity index (χ1v) is 7.11. The molecular weight excluding hydrogens is 283 g/mol. The van der Waals surface area contributed by atoms with Crippen LogP contribution < -0.4 is 0 Å². The van der Waals surface area contributed by atoms with Crippen LogP contribution in [-0.4, -0.2) is 5.11 Å². The van der Waals surface area contributed by atoms with E-state index in [0.29, 0.717) is 23.3 Å². The van der Waals surface area contributed by atoms with Crippen molar-refractivity contribution in [3.8, 4) is 0 Å². The van der Waals surface area contributed by atoms with Crippen LogP contribution in [0.3, 0.4) is 0 Å². The van der Waals surface area contributed by atoms with Crippen LogP contribution in [0, 0.1) is 23.6 Å². The van der Waals surface area contributed by atoms with Crippen LogP contribution in [0.15, 0.2) is 22.7 Å². The molecule has 17 heavy (non-hydrogen) atoms. The van der Waals surface area contributed by atoms with Gasteiger partial charge in [0.25, 0.3) is 0 Å². The van der Waals surface area contributed by atoms with E-state index in [0.717, 1.165) is 4.47 Å². The highest BCUT2D eigenvalue weighted by Crippen LogP contribution is 2.60. The molecule has 2 saturated carbocycles. The highest BCUT2D eigenvalue weighted by molar-refractivity contribution is 9.10. The van der Waals surface area contributed by atoms with Gasteiger partial charge in [-0.2, -0.15) is 0 Å². The molecule has 1 aromatic carbocycles. The number of benzene rings is 1. The molecule has 0 saturated heterocycles. The number of aliphatic hydroxyl groups is 1.